The highest BCUT2D eigenvalue weighted by molar-refractivity contribution is 5.85. The third-order valence-corrected chi connectivity index (χ3v) is 3.69. The third-order valence-electron chi connectivity index (χ3n) is 3.69. The zero-order chi connectivity index (χ0) is 14.0. The van der Waals surface area contributed by atoms with E-state index in [0.717, 1.165) is 12.5 Å². The molecule has 0 saturated carbocycles. The van der Waals surface area contributed by atoms with E-state index < -0.39 is 11.6 Å². The van der Waals surface area contributed by atoms with Crippen LogP contribution in [0.25, 0.3) is 0 Å². The molecule has 2 atom stereocenters. The van der Waals surface area contributed by atoms with Crippen molar-refractivity contribution < 1.29 is 13.6 Å². The maximum Gasteiger partial charge on any atom is 0.227 e. The zero-order valence-electron chi connectivity index (χ0n) is 11.3. The number of rotatable bonds is 3. The summed E-state index contributed by atoms with van der Waals surface area (Å²) in [7, 11) is 0. The first-order valence-electron chi connectivity index (χ1n) is 6.45. The first-order valence-corrected chi connectivity index (χ1v) is 6.45. The Labute approximate surface area is 123 Å². The molecule has 1 fully saturated rings. The van der Waals surface area contributed by atoms with Crippen LogP contribution in [0.3, 0.4) is 0 Å². The number of carbonyl (C=O) groups is 1. The molecule has 3 nitrogen and oxygen atoms in total. The first kappa shape index (κ1) is 16.9. The molecule has 0 radical (unpaired) electrons. The van der Waals surface area contributed by atoms with E-state index in [1.165, 1.54) is 12.1 Å². The van der Waals surface area contributed by atoms with Crippen molar-refractivity contribution in [1.82, 2.24) is 4.90 Å². The van der Waals surface area contributed by atoms with Gasteiger partial charge in [-0.2, -0.15) is 0 Å². The molecule has 1 aliphatic heterocycles. The Morgan fingerprint density at radius 3 is 2.75 bits per heavy atom. The molecule has 1 amide bonds. The van der Waals surface area contributed by atoms with Crippen LogP contribution in [-0.4, -0.2) is 29.9 Å². The summed E-state index contributed by atoms with van der Waals surface area (Å²) in [6.07, 6.45) is 0.763. The number of halogens is 3. The number of hydrogen-bond acceptors (Lipinski definition) is 2. The minimum absolute atomic E-state index is 0. The van der Waals surface area contributed by atoms with E-state index in [4.69, 9.17) is 5.73 Å². The molecule has 0 aliphatic carbocycles. The van der Waals surface area contributed by atoms with Gasteiger partial charge < -0.3 is 10.6 Å². The number of likely N-dealkylation sites (tertiary alicyclic amines) is 1. The van der Waals surface area contributed by atoms with E-state index in [9.17, 15) is 13.6 Å². The minimum atomic E-state index is -0.932. The number of amides is 1. The van der Waals surface area contributed by atoms with Gasteiger partial charge in [0, 0.05) is 18.2 Å². The second-order valence-corrected chi connectivity index (χ2v) is 5.12. The Bertz CT molecular complexity index is 484. The lowest BCUT2D eigenvalue weighted by Crippen LogP contribution is -2.35. The second-order valence-electron chi connectivity index (χ2n) is 5.12. The molecule has 6 heteroatoms. The predicted octanol–water partition coefficient (Wildman–Crippen LogP) is 2.12. The standard InChI is InChI=1S/C14H18F2N2O.ClH/c1-9-5-10(7-17)8-18(9)13(19)6-11-3-2-4-12(15)14(11)16;/h2-4,9-10H,5-8,17H2,1H3;1H. The van der Waals surface area contributed by atoms with Gasteiger partial charge in [0.25, 0.3) is 0 Å². The van der Waals surface area contributed by atoms with E-state index in [2.05, 4.69) is 0 Å². The molecule has 112 valence electrons. The summed E-state index contributed by atoms with van der Waals surface area (Å²) in [5, 5.41) is 0. The average molecular weight is 305 g/mol. The van der Waals surface area contributed by atoms with Crippen LogP contribution < -0.4 is 5.73 Å². The molecule has 0 aromatic heterocycles. The van der Waals surface area contributed by atoms with E-state index in [0.29, 0.717) is 19.0 Å². The van der Waals surface area contributed by atoms with Crippen LogP contribution in [0, 0.1) is 17.6 Å². The average Bonchev–Trinajstić information content (AvgIpc) is 2.76. The Morgan fingerprint density at radius 2 is 2.15 bits per heavy atom. The van der Waals surface area contributed by atoms with E-state index in [1.54, 1.807) is 4.90 Å². The van der Waals surface area contributed by atoms with Gasteiger partial charge in [0.15, 0.2) is 11.6 Å². The molecule has 0 spiro atoms. The molecular formula is C14H19ClF2N2O. The van der Waals surface area contributed by atoms with Gasteiger partial charge in [-0.05, 0) is 31.9 Å². The van der Waals surface area contributed by atoms with Crippen molar-refractivity contribution in [3.05, 3.63) is 35.4 Å². The van der Waals surface area contributed by atoms with Crippen LogP contribution in [0.15, 0.2) is 18.2 Å². The molecule has 0 bridgehead atoms. The number of nitrogens with zero attached hydrogens (tertiary/aromatic N) is 1. The summed E-state index contributed by atoms with van der Waals surface area (Å²) in [6, 6.07) is 4.01. The molecule has 1 aliphatic rings. The van der Waals surface area contributed by atoms with Gasteiger partial charge in [-0.15, -0.1) is 12.4 Å². The lowest BCUT2D eigenvalue weighted by molar-refractivity contribution is -0.131. The van der Waals surface area contributed by atoms with Gasteiger partial charge >= 0.3 is 0 Å². The normalized spacial score (nSPS) is 21.7. The molecule has 1 aromatic carbocycles. The smallest absolute Gasteiger partial charge is 0.227 e. The van der Waals surface area contributed by atoms with E-state index in [1.807, 2.05) is 6.92 Å². The van der Waals surface area contributed by atoms with Crippen LogP contribution in [0.5, 0.6) is 0 Å². The molecule has 1 saturated heterocycles. The lowest BCUT2D eigenvalue weighted by atomic mass is 10.1. The quantitative estimate of drug-likeness (QED) is 0.930. The fraction of sp³-hybridized carbons (Fsp3) is 0.500. The Kier molecular flexibility index (Phi) is 5.89. The highest BCUT2D eigenvalue weighted by atomic mass is 35.5. The van der Waals surface area contributed by atoms with E-state index in [-0.39, 0.29) is 36.3 Å². The summed E-state index contributed by atoms with van der Waals surface area (Å²) in [5.41, 5.74) is 5.71. The zero-order valence-corrected chi connectivity index (χ0v) is 12.1. The van der Waals surface area contributed by atoms with Crippen molar-refractivity contribution >= 4 is 18.3 Å². The van der Waals surface area contributed by atoms with E-state index >= 15 is 0 Å². The topological polar surface area (TPSA) is 46.3 Å². The second kappa shape index (κ2) is 6.99. The minimum Gasteiger partial charge on any atom is -0.339 e. The van der Waals surface area contributed by atoms with Gasteiger partial charge in [0.2, 0.25) is 5.91 Å². The Balaban J connectivity index is 0.00000200. The highest BCUT2D eigenvalue weighted by Gasteiger charge is 2.31. The number of benzene rings is 1. The fourth-order valence-corrected chi connectivity index (χ4v) is 2.61. The lowest BCUT2D eigenvalue weighted by Gasteiger charge is -2.21. The molecule has 20 heavy (non-hydrogen) atoms. The summed E-state index contributed by atoms with van der Waals surface area (Å²) < 4.78 is 26.6. The largest absolute Gasteiger partial charge is 0.339 e. The van der Waals surface area contributed by atoms with Gasteiger partial charge in [0.1, 0.15) is 0 Å². The predicted molar refractivity (Wildman–Crippen MR) is 75.6 cm³/mol. The van der Waals surface area contributed by atoms with Crippen LogP contribution >= 0.6 is 12.4 Å². The summed E-state index contributed by atoms with van der Waals surface area (Å²) in [4.78, 5) is 13.9. The maximum atomic E-state index is 13.5. The first-order chi connectivity index (χ1) is 9.02. The van der Waals surface area contributed by atoms with Crippen LogP contribution in [0.1, 0.15) is 18.9 Å². The van der Waals surface area contributed by atoms with Crippen molar-refractivity contribution in [3.63, 3.8) is 0 Å². The molecule has 2 unspecified atom stereocenters. The molecule has 2 N–H and O–H groups in total. The Hall–Kier alpha value is -1.20. The van der Waals surface area contributed by atoms with Crippen LogP contribution in [0.2, 0.25) is 0 Å². The molecular weight excluding hydrogens is 286 g/mol. The molecule has 2 rings (SSSR count). The third kappa shape index (κ3) is 3.46. The highest BCUT2D eigenvalue weighted by Crippen LogP contribution is 2.23. The molecule has 1 heterocycles. The Morgan fingerprint density at radius 1 is 1.45 bits per heavy atom. The van der Waals surface area contributed by atoms with Crippen molar-refractivity contribution in [2.75, 3.05) is 13.1 Å². The fourth-order valence-electron chi connectivity index (χ4n) is 2.61. The van der Waals surface area contributed by atoms with Gasteiger partial charge in [-0.1, -0.05) is 12.1 Å². The SMILES string of the molecule is CC1CC(CN)CN1C(=O)Cc1cccc(F)c1F.Cl. The summed E-state index contributed by atoms with van der Waals surface area (Å²) in [6.45, 7) is 3.10. The number of carbonyl (C=O) groups excluding carboxylic acids is 1. The van der Waals surface area contributed by atoms with Crippen molar-refractivity contribution in [1.29, 1.82) is 0 Å². The number of hydrogen-bond donors (Lipinski definition) is 1. The number of nitrogens with two attached hydrogens (primary N) is 1. The van der Waals surface area contributed by atoms with Crippen molar-refractivity contribution in [2.24, 2.45) is 11.7 Å². The van der Waals surface area contributed by atoms with Gasteiger partial charge in [-0.25, -0.2) is 8.78 Å². The van der Waals surface area contributed by atoms with Gasteiger partial charge in [0.05, 0.1) is 6.42 Å². The van der Waals surface area contributed by atoms with Crippen LogP contribution in [-0.2, 0) is 11.2 Å². The summed E-state index contributed by atoms with van der Waals surface area (Å²) >= 11 is 0. The van der Waals surface area contributed by atoms with Crippen molar-refractivity contribution in [3.8, 4) is 0 Å². The summed E-state index contributed by atoms with van der Waals surface area (Å²) in [5.74, 6) is -1.72. The van der Waals surface area contributed by atoms with Crippen LogP contribution in [0.4, 0.5) is 8.78 Å². The monoisotopic (exact) mass is 304 g/mol. The van der Waals surface area contributed by atoms with Gasteiger partial charge in [-0.3, -0.25) is 4.79 Å². The van der Waals surface area contributed by atoms with Crippen molar-refractivity contribution in [2.45, 2.75) is 25.8 Å². The maximum absolute atomic E-state index is 13.5. The molecule has 1 aromatic rings.